The Morgan fingerprint density at radius 1 is 0.776 bits per heavy atom. The minimum absolute atomic E-state index is 0.0216. The fourth-order valence-electron chi connectivity index (χ4n) is 6.74. The maximum absolute atomic E-state index is 13.8. The Morgan fingerprint density at radius 3 is 2.16 bits per heavy atom. The molecule has 6 aromatic rings. The zero-order valence-electron chi connectivity index (χ0n) is 32.8. The molecule has 13 heteroatoms. The molecule has 0 spiro atoms. The number of phenolic OH excluding ortho intramolecular Hbond substituents is 1. The molecular weight excluding hydrogens is 753 g/mol. The van der Waals surface area contributed by atoms with E-state index in [0.29, 0.717) is 45.3 Å². The number of ether oxygens (including phenoxy) is 2. The predicted molar refractivity (Wildman–Crippen MR) is 228 cm³/mol. The molecule has 0 fully saturated rings. The van der Waals surface area contributed by atoms with E-state index >= 15 is 0 Å². The molecule has 6 rings (SSSR count). The van der Waals surface area contributed by atoms with Crippen molar-refractivity contribution in [3.8, 4) is 28.7 Å². The van der Waals surface area contributed by atoms with Gasteiger partial charge in [0.05, 0.1) is 28.5 Å². The van der Waals surface area contributed by atoms with Crippen molar-refractivity contribution < 1.29 is 24.3 Å². The number of hydrogen-bond acceptors (Lipinski definition) is 10. The number of carbonyl (C=O) groups excluding carboxylic acids is 1. The number of nitro benzene ring substituents is 1. The fourth-order valence-corrected chi connectivity index (χ4v) is 7.58. The normalized spacial score (nSPS) is 11.1. The van der Waals surface area contributed by atoms with E-state index in [0.717, 1.165) is 18.5 Å². The first-order chi connectivity index (χ1) is 28.4. The summed E-state index contributed by atoms with van der Waals surface area (Å²) in [6.07, 6.45) is 15.0. The van der Waals surface area contributed by atoms with Crippen molar-refractivity contribution in [2.75, 3.05) is 11.9 Å². The molecule has 1 heterocycles. The number of carbonyl (C=O) groups is 1. The van der Waals surface area contributed by atoms with E-state index < -0.39 is 10.8 Å². The van der Waals surface area contributed by atoms with Crippen molar-refractivity contribution in [3.63, 3.8) is 0 Å². The number of hydrogen-bond donors (Lipinski definition) is 2. The Hall–Kier alpha value is -5.95. The van der Waals surface area contributed by atoms with E-state index in [1.165, 1.54) is 94.2 Å². The summed E-state index contributed by atoms with van der Waals surface area (Å²) in [6, 6.07) is 29.6. The lowest BCUT2D eigenvalue weighted by Gasteiger charge is -2.16. The van der Waals surface area contributed by atoms with Crippen molar-refractivity contribution >= 4 is 39.8 Å². The van der Waals surface area contributed by atoms with Gasteiger partial charge in [0.15, 0.2) is 0 Å². The van der Waals surface area contributed by atoms with Crippen LogP contribution >= 0.6 is 11.8 Å². The zero-order valence-corrected chi connectivity index (χ0v) is 33.7. The number of benzene rings is 5. The first-order valence-electron chi connectivity index (χ1n) is 20.1. The van der Waals surface area contributed by atoms with Crippen molar-refractivity contribution in [1.29, 1.82) is 0 Å². The third-order valence-corrected chi connectivity index (χ3v) is 10.9. The first kappa shape index (κ1) is 41.7. The van der Waals surface area contributed by atoms with Crippen LogP contribution in [0.25, 0.3) is 16.5 Å². The van der Waals surface area contributed by atoms with Gasteiger partial charge in [-0.3, -0.25) is 14.9 Å². The van der Waals surface area contributed by atoms with Gasteiger partial charge >= 0.3 is 5.69 Å². The molecule has 0 aliphatic carbocycles. The summed E-state index contributed by atoms with van der Waals surface area (Å²) in [4.78, 5) is 25.6. The summed E-state index contributed by atoms with van der Waals surface area (Å²) in [5.74, 6) is 0.199. The molecule has 0 saturated carbocycles. The molecular formula is C45H50N6O6S. The Balaban J connectivity index is 1.09. The minimum Gasteiger partial charge on any atom is -0.506 e. The summed E-state index contributed by atoms with van der Waals surface area (Å²) >= 11 is 1.34. The lowest BCUT2D eigenvalue weighted by molar-refractivity contribution is -0.385. The lowest BCUT2D eigenvalue weighted by Crippen LogP contribution is -2.14. The molecule has 0 aliphatic heterocycles. The molecule has 1 amide bonds. The van der Waals surface area contributed by atoms with E-state index in [9.17, 15) is 20.0 Å². The molecule has 0 aliphatic rings. The number of nitrogens with zero attached hydrogens (tertiary/aromatic N) is 5. The monoisotopic (exact) mass is 802 g/mol. The second kappa shape index (κ2) is 21.5. The van der Waals surface area contributed by atoms with Crippen LogP contribution < -0.4 is 14.8 Å². The highest BCUT2D eigenvalue weighted by atomic mass is 32.2. The summed E-state index contributed by atoms with van der Waals surface area (Å²) in [7, 11) is 0. The van der Waals surface area contributed by atoms with Gasteiger partial charge < -0.3 is 19.9 Å². The molecule has 302 valence electrons. The molecule has 12 nitrogen and oxygen atoms in total. The van der Waals surface area contributed by atoms with Gasteiger partial charge in [0.1, 0.15) is 17.2 Å². The average Bonchev–Trinajstić information content (AvgIpc) is 3.72. The van der Waals surface area contributed by atoms with Gasteiger partial charge in [-0.1, -0.05) is 150 Å². The number of phenols is 1. The van der Waals surface area contributed by atoms with Crippen molar-refractivity contribution in [3.05, 3.63) is 124 Å². The SMILES string of the molecule is CCCCCCCCCCCCCCOc1ccccc1NC(=O)c1cc(Oc2ccc(CSc3nnnn3-c3ccccc3)cc2[N+](=O)[O-])c2ccccc2c1O. The van der Waals surface area contributed by atoms with Crippen LogP contribution in [0.4, 0.5) is 11.4 Å². The number of thioether (sulfide) groups is 1. The number of tetrazole rings is 1. The highest BCUT2D eigenvalue weighted by molar-refractivity contribution is 7.98. The van der Waals surface area contributed by atoms with Crippen molar-refractivity contribution in [2.45, 2.75) is 94.9 Å². The first-order valence-corrected chi connectivity index (χ1v) is 21.1. The van der Waals surface area contributed by atoms with Crippen LogP contribution in [0.2, 0.25) is 0 Å². The molecule has 5 aromatic carbocycles. The molecule has 1 aromatic heterocycles. The van der Waals surface area contributed by atoms with Gasteiger partial charge in [0, 0.05) is 22.6 Å². The summed E-state index contributed by atoms with van der Waals surface area (Å²) in [5, 5.41) is 39.9. The van der Waals surface area contributed by atoms with Crippen LogP contribution in [0.3, 0.4) is 0 Å². The number of unbranched alkanes of at least 4 members (excludes halogenated alkanes) is 11. The standard InChI is InChI=1S/C45H50N6O6S/c1-2-3-4-5-6-7-8-9-10-11-12-20-29-56-40-26-19-18-25-38(40)46-44(53)37-31-42(35-23-16-17-24-36(35)43(37)52)57-41-28-27-33(30-39(41)51(54)55)32-58-45-47-48-49-50(45)34-21-14-13-15-22-34/h13-19,21-28,30-31,52H,2-12,20,29,32H2,1H3,(H,46,53). The number of amides is 1. The highest BCUT2D eigenvalue weighted by Gasteiger charge is 2.23. The number of para-hydroxylation sites is 3. The van der Waals surface area contributed by atoms with Crippen LogP contribution in [-0.2, 0) is 5.75 Å². The smallest absolute Gasteiger partial charge is 0.311 e. The maximum Gasteiger partial charge on any atom is 0.311 e. The van der Waals surface area contributed by atoms with Crippen LogP contribution in [0.1, 0.15) is 99.9 Å². The highest BCUT2D eigenvalue weighted by Crippen LogP contribution is 2.41. The third-order valence-electron chi connectivity index (χ3n) is 9.86. The van der Waals surface area contributed by atoms with Gasteiger partial charge in [-0.25, -0.2) is 0 Å². The number of fused-ring (bicyclic) bond motifs is 1. The van der Waals surface area contributed by atoms with Crippen molar-refractivity contribution in [2.24, 2.45) is 0 Å². The van der Waals surface area contributed by atoms with Crippen molar-refractivity contribution in [1.82, 2.24) is 20.2 Å². The predicted octanol–water partition coefficient (Wildman–Crippen LogP) is 11.8. The van der Waals surface area contributed by atoms with Crippen LogP contribution in [0.5, 0.6) is 23.0 Å². The third kappa shape index (κ3) is 11.3. The minimum atomic E-state index is -0.589. The second-order valence-corrected chi connectivity index (χ2v) is 15.1. The molecule has 58 heavy (non-hydrogen) atoms. The fraction of sp³-hybridized carbons (Fsp3) is 0.333. The van der Waals surface area contributed by atoms with E-state index in [2.05, 4.69) is 27.8 Å². The Labute approximate surface area is 343 Å². The lowest BCUT2D eigenvalue weighted by atomic mass is 10.0. The topological polar surface area (TPSA) is 155 Å². The number of aromatic nitrogens is 4. The van der Waals surface area contributed by atoms with E-state index in [1.807, 2.05) is 36.4 Å². The number of nitrogens with one attached hydrogen (secondary N) is 1. The van der Waals surface area contributed by atoms with E-state index in [4.69, 9.17) is 9.47 Å². The van der Waals surface area contributed by atoms with Gasteiger partial charge in [-0.2, -0.15) is 4.68 Å². The van der Waals surface area contributed by atoms with E-state index in [-0.39, 0.29) is 28.5 Å². The number of rotatable bonds is 23. The Kier molecular flexibility index (Phi) is 15.5. The zero-order chi connectivity index (χ0) is 40.5. The molecule has 0 bridgehead atoms. The van der Waals surface area contributed by atoms with Crippen LogP contribution in [0.15, 0.2) is 108 Å². The van der Waals surface area contributed by atoms with Gasteiger partial charge in [0.25, 0.3) is 5.91 Å². The molecule has 0 radical (unpaired) electrons. The number of anilines is 1. The summed E-state index contributed by atoms with van der Waals surface area (Å²) in [6.45, 7) is 2.77. The number of nitro groups is 1. The Morgan fingerprint density at radius 2 is 1.43 bits per heavy atom. The summed E-state index contributed by atoms with van der Waals surface area (Å²) in [5.41, 5.74) is 1.59. The molecule has 0 unspecified atom stereocenters. The average molecular weight is 803 g/mol. The quantitative estimate of drug-likeness (QED) is 0.0277. The molecule has 0 atom stereocenters. The van der Waals surface area contributed by atoms with Gasteiger partial charge in [-0.15, -0.1) is 5.10 Å². The number of aromatic hydroxyl groups is 1. The largest absolute Gasteiger partial charge is 0.506 e. The second-order valence-electron chi connectivity index (χ2n) is 14.2. The molecule has 2 N–H and O–H groups in total. The molecule has 0 saturated heterocycles. The van der Waals surface area contributed by atoms with Crippen LogP contribution in [-0.4, -0.2) is 42.8 Å². The maximum atomic E-state index is 13.8. The summed E-state index contributed by atoms with van der Waals surface area (Å²) < 4.78 is 13.9. The van der Waals surface area contributed by atoms with Crippen LogP contribution in [0, 0.1) is 10.1 Å². The van der Waals surface area contributed by atoms with Gasteiger partial charge in [0.2, 0.25) is 10.9 Å². The van der Waals surface area contributed by atoms with E-state index in [1.54, 1.807) is 53.2 Å². The Bertz CT molecular complexity index is 2270. The van der Waals surface area contributed by atoms with Gasteiger partial charge in [-0.05, 0) is 58.8 Å².